The predicted molar refractivity (Wildman–Crippen MR) is 63.1 cm³/mol. The summed E-state index contributed by atoms with van der Waals surface area (Å²) < 4.78 is 25.1. The molecule has 7 heteroatoms. The smallest absolute Gasteiger partial charge is 0.281 e. The van der Waals surface area contributed by atoms with Crippen molar-refractivity contribution in [1.82, 2.24) is 4.98 Å². The van der Waals surface area contributed by atoms with Gasteiger partial charge in [-0.2, -0.15) is 0 Å². The molecule has 1 rings (SSSR count). The molecule has 1 heterocycles. The Labute approximate surface area is 106 Å². The van der Waals surface area contributed by atoms with E-state index in [2.05, 4.69) is 4.98 Å². The molecule has 0 unspecified atom stereocenters. The number of nitrogens with zero attached hydrogens (tertiary/aromatic N) is 1. The molecule has 3 nitrogen and oxygen atoms in total. The van der Waals surface area contributed by atoms with E-state index in [9.17, 15) is 13.6 Å². The molecule has 0 spiro atoms. The summed E-state index contributed by atoms with van der Waals surface area (Å²) in [6.45, 7) is 0. The Morgan fingerprint density at radius 1 is 1.50 bits per heavy atom. The minimum Gasteiger partial charge on any atom is -0.366 e. The summed E-state index contributed by atoms with van der Waals surface area (Å²) in [6.07, 6.45) is -2.64. The number of pyridine rings is 1. The number of carbonyl (C=O) groups is 1. The number of alkyl halides is 2. The summed E-state index contributed by atoms with van der Waals surface area (Å²) in [6, 6.07) is 1.32. The van der Waals surface area contributed by atoms with Crippen LogP contribution in [0.15, 0.2) is 6.07 Å². The number of nitrogens with two attached hydrogens (primary N) is 1. The summed E-state index contributed by atoms with van der Waals surface area (Å²) in [4.78, 5) is 14.5. The maximum atomic E-state index is 12.4. The largest absolute Gasteiger partial charge is 0.366 e. The molecular weight excluding hydrogens is 420 g/mol. The van der Waals surface area contributed by atoms with Gasteiger partial charge < -0.3 is 5.73 Å². The molecule has 0 atom stereocenters. The van der Waals surface area contributed by atoms with Crippen molar-refractivity contribution in [2.24, 2.45) is 5.73 Å². The molecule has 1 aromatic heterocycles. The van der Waals surface area contributed by atoms with Crippen molar-refractivity contribution in [1.29, 1.82) is 0 Å². The topological polar surface area (TPSA) is 56.0 Å². The van der Waals surface area contributed by atoms with E-state index in [1.54, 1.807) is 45.2 Å². The fourth-order valence-corrected chi connectivity index (χ4v) is 2.15. The van der Waals surface area contributed by atoms with Gasteiger partial charge in [0.2, 0.25) is 0 Å². The highest BCUT2D eigenvalue weighted by Crippen LogP contribution is 2.25. The van der Waals surface area contributed by atoms with Gasteiger partial charge in [0.25, 0.3) is 12.3 Å². The molecule has 1 amide bonds. The van der Waals surface area contributed by atoms with Crippen LogP contribution in [0.1, 0.15) is 22.5 Å². The lowest BCUT2D eigenvalue weighted by molar-refractivity contribution is 0.0997. The zero-order valence-electron chi connectivity index (χ0n) is 6.60. The number of halogens is 4. The monoisotopic (exact) mass is 424 g/mol. The molecule has 0 radical (unpaired) electrons. The summed E-state index contributed by atoms with van der Waals surface area (Å²) in [5.74, 6) is -0.666. The molecule has 0 aliphatic rings. The molecule has 0 aliphatic heterocycles. The lowest BCUT2D eigenvalue weighted by Gasteiger charge is -2.05. The first-order valence-electron chi connectivity index (χ1n) is 3.37. The quantitative estimate of drug-likeness (QED) is 0.586. The standard InChI is InChI=1S/C7H4F2I2N2O/c8-5(9)4-3(10)1-2(7(12)14)6(11)13-4/h1,5H,(H2,12,14). The zero-order valence-corrected chi connectivity index (χ0v) is 10.9. The summed E-state index contributed by atoms with van der Waals surface area (Å²) in [5, 5.41) is 0. The predicted octanol–water partition coefficient (Wildman–Crippen LogP) is 2.33. The zero-order chi connectivity index (χ0) is 10.9. The van der Waals surface area contributed by atoms with Crippen molar-refractivity contribution in [3.05, 3.63) is 24.6 Å². The number of hydrogen-bond donors (Lipinski definition) is 1. The van der Waals surface area contributed by atoms with Crippen molar-refractivity contribution >= 4 is 51.1 Å². The van der Waals surface area contributed by atoms with Crippen LogP contribution in [0.4, 0.5) is 8.78 Å². The fraction of sp³-hybridized carbons (Fsp3) is 0.143. The van der Waals surface area contributed by atoms with Crippen molar-refractivity contribution in [3.63, 3.8) is 0 Å². The number of hydrogen-bond acceptors (Lipinski definition) is 2. The highest BCUT2D eigenvalue weighted by Gasteiger charge is 2.18. The van der Waals surface area contributed by atoms with E-state index in [1.807, 2.05) is 0 Å². The van der Waals surface area contributed by atoms with E-state index in [0.29, 0.717) is 0 Å². The Hall–Kier alpha value is -0.0600. The molecule has 0 aromatic carbocycles. The van der Waals surface area contributed by atoms with Gasteiger partial charge >= 0.3 is 0 Å². The van der Waals surface area contributed by atoms with Gasteiger partial charge in [0.1, 0.15) is 9.39 Å². The molecule has 2 N–H and O–H groups in total. The Balaban J connectivity index is 3.31. The van der Waals surface area contributed by atoms with Gasteiger partial charge in [-0.3, -0.25) is 4.79 Å². The number of amides is 1. The van der Waals surface area contributed by atoms with E-state index in [0.717, 1.165) is 0 Å². The number of carbonyl (C=O) groups excluding carboxylic acids is 1. The first-order valence-corrected chi connectivity index (χ1v) is 5.53. The number of aromatic nitrogens is 1. The van der Waals surface area contributed by atoms with Crippen molar-refractivity contribution < 1.29 is 13.6 Å². The average molecular weight is 424 g/mol. The van der Waals surface area contributed by atoms with Crippen LogP contribution in [-0.4, -0.2) is 10.9 Å². The first kappa shape index (κ1) is 12.0. The third kappa shape index (κ3) is 2.49. The molecule has 0 fully saturated rings. The van der Waals surface area contributed by atoms with Gasteiger partial charge in [-0.25, -0.2) is 13.8 Å². The Morgan fingerprint density at radius 2 is 2.07 bits per heavy atom. The maximum absolute atomic E-state index is 12.4. The third-order valence-electron chi connectivity index (χ3n) is 1.43. The van der Waals surface area contributed by atoms with E-state index in [-0.39, 0.29) is 18.5 Å². The molecular formula is C7H4F2I2N2O. The van der Waals surface area contributed by atoms with Crippen molar-refractivity contribution in [2.75, 3.05) is 0 Å². The van der Waals surface area contributed by atoms with Crippen molar-refractivity contribution in [3.8, 4) is 0 Å². The van der Waals surface area contributed by atoms with Gasteiger partial charge in [-0.1, -0.05) is 0 Å². The number of rotatable bonds is 2. The normalized spacial score (nSPS) is 10.6. The summed E-state index contributed by atoms with van der Waals surface area (Å²) in [5.41, 5.74) is 4.88. The Kier molecular flexibility index (Phi) is 3.98. The van der Waals surface area contributed by atoms with Crippen LogP contribution in [0.25, 0.3) is 0 Å². The van der Waals surface area contributed by atoms with Crippen LogP contribution < -0.4 is 5.73 Å². The maximum Gasteiger partial charge on any atom is 0.281 e. The molecule has 14 heavy (non-hydrogen) atoms. The highest BCUT2D eigenvalue weighted by atomic mass is 127. The SMILES string of the molecule is NC(=O)c1cc(I)c(C(F)F)nc1I. The van der Waals surface area contributed by atoms with Crippen LogP contribution in [0.3, 0.4) is 0 Å². The second-order valence-electron chi connectivity index (χ2n) is 2.36. The van der Waals surface area contributed by atoms with Crippen LogP contribution in [-0.2, 0) is 0 Å². The Bertz CT molecular complexity index is 384. The molecule has 0 saturated heterocycles. The average Bonchev–Trinajstić information content (AvgIpc) is 2.07. The second kappa shape index (κ2) is 4.64. The first-order chi connectivity index (χ1) is 6.43. The number of primary amides is 1. The second-order valence-corrected chi connectivity index (χ2v) is 4.54. The van der Waals surface area contributed by atoms with Crippen LogP contribution in [0.5, 0.6) is 0 Å². The van der Waals surface area contributed by atoms with E-state index >= 15 is 0 Å². The fourth-order valence-electron chi connectivity index (χ4n) is 0.805. The van der Waals surface area contributed by atoms with Crippen molar-refractivity contribution in [2.45, 2.75) is 6.43 Å². The molecule has 0 bridgehead atoms. The van der Waals surface area contributed by atoms with Gasteiger partial charge in [-0.05, 0) is 51.2 Å². The summed E-state index contributed by atoms with van der Waals surface area (Å²) in [7, 11) is 0. The molecule has 0 saturated carbocycles. The van der Waals surface area contributed by atoms with E-state index < -0.39 is 12.3 Å². The van der Waals surface area contributed by atoms with Crippen LogP contribution in [0.2, 0.25) is 0 Å². The van der Waals surface area contributed by atoms with Gasteiger partial charge in [-0.15, -0.1) is 0 Å². The van der Waals surface area contributed by atoms with Gasteiger partial charge in [0, 0.05) is 3.57 Å². The van der Waals surface area contributed by atoms with Crippen LogP contribution >= 0.6 is 45.2 Å². The van der Waals surface area contributed by atoms with Crippen LogP contribution in [0, 0.1) is 7.27 Å². The van der Waals surface area contributed by atoms with E-state index in [1.165, 1.54) is 6.07 Å². The highest BCUT2D eigenvalue weighted by molar-refractivity contribution is 14.1. The minimum absolute atomic E-state index is 0.166. The molecule has 1 aromatic rings. The lowest BCUT2D eigenvalue weighted by atomic mass is 10.2. The molecule has 0 aliphatic carbocycles. The van der Waals surface area contributed by atoms with Gasteiger partial charge in [0.15, 0.2) is 0 Å². The Morgan fingerprint density at radius 3 is 2.50 bits per heavy atom. The summed E-state index contributed by atoms with van der Waals surface area (Å²) >= 11 is 3.40. The van der Waals surface area contributed by atoms with E-state index in [4.69, 9.17) is 5.73 Å². The minimum atomic E-state index is -2.64. The third-order valence-corrected chi connectivity index (χ3v) is 3.12. The lowest BCUT2D eigenvalue weighted by Crippen LogP contribution is -2.15. The molecule has 76 valence electrons. The van der Waals surface area contributed by atoms with Gasteiger partial charge in [0.05, 0.1) is 5.56 Å².